The Morgan fingerprint density at radius 3 is 2.70 bits per heavy atom. The Bertz CT molecular complexity index is 665. The highest BCUT2D eigenvalue weighted by Crippen LogP contribution is 2.24. The van der Waals surface area contributed by atoms with Gasteiger partial charge in [-0.25, -0.2) is 0 Å². The lowest BCUT2D eigenvalue weighted by Gasteiger charge is -2.26. The van der Waals surface area contributed by atoms with Crippen LogP contribution in [0, 0.1) is 5.92 Å². The number of rotatable bonds is 6. The van der Waals surface area contributed by atoms with E-state index in [2.05, 4.69) is 11.4 Å². The van der Waals surface area contributed by atoms with Crippen molar-refractivity contribution in [1.29, 1.82) is 0 Å². The molecular formula is C19H23NO3. The van der Waals surface area contributed by atoms with Gasteiger partial charge in [0.2, 0.25) is 0 Å². The molecule has 122 valence electrons. The second-order valence-corrected chi connectivity index (χ2v) is 6.35. The number of carbonyl (C=O) groups excluding carboxylic acids is 1. The maximum absolute atomic E-state index is 10.8. The van der Waals surface area contributed by atoms with Crippen LogP contribution in [0.5, 0.6) is 5.75 Å². The monoisotopic (exact) mass is 313 g/mol. The number of aromatic hydroxyl groups is 1. The fourth-order valence-electron chi connectivity index (χ4n) is 3.43. The lowest BCUT2D eigenvalue weighted by molar-refractivity contribution is -0.134. The number of nitrogens with one attached hydrogen (secondary N) is 1. The highest BCUT2D eigenvalue weighted by molar-refractivity contribution is 5.84. The van der Waals surface area contributed by atoms with E-state index in [1.54, 1.807) is 12.1 Å². The molecule has 3 rings (SSSR count). The predicted molar refractivity (Wildman–Crippen MR) is 90.5 cm³/mol. The van der Waals surface area contributed by atoms with Gasteiger partial charge in [0.25, 0.3) is 6.47 Å². The summed E-state index contributed by atoms with van der Waals surface area (Å²) < 4.78 is 5.34. The third kappa shape index (κ3) is 4.23. The Hall–Kier alpha value is -2.07. The van der Waals surface area contributed by atoms with E-state index >= 15 is 0 Å². The summed E-state index contributed by atoms with van der Waals surface area (Å²) in [6.07, 6.45) is 3.89. The van der Waals surface area contributed by atoms with Crippen molar-refractivity contribution in [1.82, 2.24) is 5.32 Å². The molecule has 0 amide bonds. The van der Waals surface area contributed by atoms with E-state index < -0.39 is 0 Å². The summed E-state index contributed by atoms with van der Waals surface area (Å²) in [6.45, 7) is 2.68. The van der Waals surface area contributed by atoms with Crippen LogP contribution in [0.25, 0.3) is 10.8 Å². The molecule has 0 bridgehead atoms. The molecule has 2 N–H and O–H groups in total. The third-order valence-corrected chi connectivity index (χ3v) is 4.65. The predicted octanol–water partition coefficient (Wildman–Crippen LogP) is 3.02. The molecule has 1 saturated heterocycles. The number of carbonyl (C=O) groups is 1. The second kappa shape index (κ2) is 7.47. The summed E-state index contributed by atoms with van der Waals surface area (Å²) in [4.78, 5) is 10.8. The van der Waals surface area contributed by atoms with Gasteiger partial charge in [0.15, 0.2) is 0 Å². The Labute approximate surface area is 136 Å². The summed E-state index contributed by atoms with van der Waals surface area (Å²) in [7, 11) is 0. The van der Waals surface area contributed by atoms with Crippen molar-refractivity contribution >= 4 is 17.2 Å². The van der Waals surface area contributed by atoms with Gasteiger partial charge in [-0.05, 0) is 66.7 Å². The van der Waals surface area contributed by atoms with Crippen molar-refractivity contribution in [2.45, 2.75) is 31.8 Å². The molecule has 4 nitrogen and oxygen atoms in total. The zero-order valence-corrected chi connectivity index (χ0v) is 13.2. The Balaban J connectivity index is 1.71. The van der Waals surface area contributed by atoms with Crippen LogP contribution in [0.1, 0.15) is 24.8 Å². The zero-order chi connectivity index (χ0) is 16.1. The summed E-state index contributed by atoms with van der Waals surface area (Å²) in [5.74, 6) is 0.900. The molecule has 1 fully saturated rings. The summed E-state index contributed by atoms with van der Waals surface area (Å²) >= 11 is 0. The molecule has 4 heteroatoms. The highest BCUT2D eigenvalue weighted by atomic mass is 16.5. The van der Waals surface area contributed by atoms with E-state index in [1.165, 1.54) is 0 Å². The highest BCUT2D eigenvalue weighted by Gasteiger charge is 2.20. The first-order valence-corrected chi connectivity index (χ1v) is 8.26. The standard InChI is InChI=1S/C19H23NO3/c21-13-23-19(10-14-5-7-20-8-6-14)11-15-1-2-17-12-18(22)4-3-16(17)9-15/h1-4,9,12-14,19-20,22H,5-8,10-11H2. The Kier molecular flexibility index (Phi) is 5.13. The minimum atomic E-state index is -0.0647. The van der Waals surface area contributed by atoms with Crippen LogP contribution in [0.15, 0.2) is 36.4 Å². The van der Waals surface area contributed by atoms with Crippen LogP contribution in [-0.4, -0.2) is 30.8 Å². The number of hydrogen-bond donors (Lipinski definition) is 2. The van der Waals surface area contributed by atoms with Crippen LogP contribution >= 0.6 is 0 Å². The minimum Gasteiger partial charge on any atom is -0.508 e. The van der Waals surface area contributed by atoms with Crippen LogP contribution in [0.4, 0.5) is 0 Å². The lowest BCUT2D eigenvalue weighted by atomic mass is 9.89. The molecule has 2 aromatic carbocycles. The molecule has 1 aliphatic heterocycles. The molecule has 0 spiro atoms. The van der Waals surface area contributed by atoms with E-state index in [1.807, 2.05) is 18.2 Å². The molecule has 1 aliphatic rings. The van der Waals surface area contributed by atoms with Gasteiger partial charge < -0.3 is 15.2 Å². The molecule has 0 saturated carbocycles. The van der Waals surface area contributed by atoms with Crippen LogP contribution in [0.2, 0.25) is 0 Å². The third-order valence-electron chi connectivity index (χ3n) is 4.65. The first-order chi connectivity index (χ1) is 11.2. The lowest BCUT2D eigenvalue weighted by Crippen LogP contribution is -2.30. The van der Waals surface area contributed by atoms with Crippen molar-refractivity contribution in [3.05, 3.63) is 42.0 Å². The van der Waals surface area contributed by atoms with Gasteiger partial charge in [-0.2, -0.15) is 0 Å². The van der Waals surface area contributed by atoms with E-state index in [-0.39, 0.29) is 11.9 Å². The van der Waals surface area contributed by atoms with Crippen molar-refractivity contribution in [3.63, 3.8) is 0 Å². The SMILES string of the molecule is O=COC(Cc1ccc2cc(O)ccc2c1)CC1CCNCC1. The van der Waals surface area contributed by atoms with E-state index in [4.69, 9.17) is 4.74 Å². The van der Waals surface area contributed by atoms with Gasteiger partial charge >= 0.3 is 0 Å². The average Bonchev–Trinajstić information content (AvgIpc) is 2.56. The largest absolute Gasteiger partial charge is 0.508 e. The fourth-order valence-corrected chi connectivity index (χ4v) is 3.43. The molecule has 23 heavy (non-hydrogen) atoms. The van der Waals surface area contributed by atoms with Crippen molar-refractivity contribution in [2.75, 3.05) is 13.1 Å². The summed E-state index contributed by atoms with van der Waals surface area (Å²) in [6, 6.07) is 11.5. The topological polar surface area (TPSA) is 58.6 Å². The van der Waals surface area contributed by atoms with Crippen LogP contribution < -0.4 is 5.32 Å². The quantitative estimate of drug-likeness (QED) is 0.805. The van der Waals surface area contributed by atoms with E-state index in [0.717, 1.165) is 55.1 Å². The number of fused-ring (bicyclic) bond motifs is 1. The second-order valence-electron chi connectivity index (χ2n) is 6.35. The summed E-state index contributed by atoms with van der Waals surface area (Å²) in [5, 5.41) is 15.0. The van der Waals surface area contributed by atoms with Gasteiger partial charge in [0, 0.05) is 6.42 Å². The van der Waals surface area contributed by atoms with Crippen molar-refractivity contribution < 1.29 is 14.6 Å². The zero-order valence-electron chi connectivity index (χ0n) is 13.2. The number of benzene rings is 2. The van der Waals surface area contributed by atoms with Gasteiger partial charge in [-0.15, -0.1) is 0 Å². The number of hydrogen-bond acceptors (Lipinski definition) is 4. The maximum Gasteiger partial charge on any atom is 0.293 e. The first-order valence-electron chi connectivity index (χ1n) is 8.26. The molecule has 1 atom stereocenters. The minimum absolute atomic E-state index is 0.0647. The van der Waals surface area contributed by atoms with Gasteiger partial charge in [-0.1, -0.05) is 24.3 Å². The van der Waals surface area contributed by atoms with Crippen molar-refractivity contribution in [3.8, 4) is 5.75 Å². The average molecular weight is 313 g/mol. The number of ether oxygens (including phenoxy) is 1. The number of phenolic OH excluding ortho intramolecular Hbond substituents is 1. The fraction of sp³-hybridized carbons (Fsp3) is 0.421. The molecule has 0 aromatic heterocycles. The normalized spacial score (nSPS) is 17.0. The van der Waals surface area contributed by atoms with Crippen LogP contribution in [-0.2, 0) is 16.0 Å². The maximum atomic E-state index is 10.8. The molecule has 2 aromatic rings. The van der Waals surface area contributed by atoms with Gasteiger partial charge in [0.1, 0.15) is 11.9 Å². The molecule has 1 unspecified atom stereocenters. The van der Waals surface area contributed by atoms with E-state index in [9.17, 15) is 9.90 Å². The number of piperidine rings is 1. The summed E-state index contributed by atoms with van der Waals surface area (Å²) in [5.41, 5.74) is 1.16. The van der Waals surface area contributed by atoms with E-state index in [0.29, 0.717) is 12.4 Å². The van der Waals surface area contributed by atoms with Gasteiger partial charge in [0.05, 0.1) is 0 Å². The van der Waals surface area contributed by atoms with Crippen LogP contribution in [0.3, 0.4) is 0 Å². The van der Waals surface area contributed by atoms with Gasteiger partial charge in [-0.3, -0.25) is 4.79 Å². The molecular weight excluding hydrogens is 290 g/mol. The number of phenols is 1. The molecule has 1 heterocycles. The Morgan fingerprint density at radius 2 is 1.91 bits per heavy atom. The molecule has 0 radical (unpaired) electrons. The van der Waals surface area contributed by atoms with Crippen molar-refractivity contribution in [2.24, 2.45) is 5.92 Å². The molecule has 0 aliphatic carbocycles. The first kappa shape index (κ1) is 15.8. The Morgan fingerprint density at radius 1 is 1.17 bits per heavy atom. The smallest absolute Gasteiger partial charge is 0.293 e.